The number of anilines is 1. The fourth-order valence-corrected chi connectivity index (χ4v) is 7.02. The number of aliphatic carboxylic acids is 1. The summed E-state index contributed by atoms with van der Waals surface area (Å²) in [7, 11) is 0. The molecule has 2 aromatic heterocycles. The maximum Gasteiger partial charge on any atom is 0.352 e. The number of nitrogens with one attached hydrogen (secondary N) is 1. The highest BCUT2D eigenvalue weighted by molar-refractivity contribution is 8.01. The van der Waals surface area contributed by atoms with Crippen LogP contribution in [0.1, 0.15) is 5.82 Å². The molecule has 4 N–H and O–H groups in total. The number of rotatable bonds is 9. The van der Waals surface area contributed by atoms with Crippen molar-refractivity contribution in [2.45, 2.75) is 15.8 Å². The quantitative estimate of drug-likeness (QED) is 0.138. The molecule has 196 valence electrons. The number of fused-ring (bicyclic) bond motifs is 1. The molecule has 1 aromatic carbocycles. The highest BCUT2D eigenvalue weighted by Crippen LogP contribution is 2.41. The predicted molar refractivity (Wildman–Crippen MR) is 143 cm³/mol. The first-order chi connectivity index (χ1) is 18.3. The van der Waals surface area contributed by atoms with E-state index in [0.29, 0.717) is 32.2 Å². The number of halogens is 1. The molecule has 3 aromatic rings. The van der Waals surface area contributed by atoms with E-state index in [4.69, 9.17) is 22.2 Å². The Bertz CT molecular complexity index is 1450. The summed E-state index contributed by atoms with van der Waals surface area (Å²) >= 11 is 10.8. The van der Waals surface area contributed by atoms with Crippen LogP contribution in [0.2, 0.25) is 5.02 Å². The summed E-state index contributed by atoms with van der Waals surface area (Å²) in [6.07, 6.45) is 0. The van der Waals surface area contributed by atoms with Crippen molar-refractivity contribution in [2.75, 3.05) is 17.2 Å². The number of thioether (sulfide) groups is 2. The molecule has 0 aliphatic carbocycles. The van der Waals surface area contributed by atoms with E-state index in [1.165, 1.54) is 39.8 Å². The van der Waals surface area contributed by atoms with Gasteiger partial charge in [0, 0.05) is 28.1 Å². The Labute approximate surface area is 235 Å². The van der Waals surface area contributed by atoms with E-state index in [1.807, 2.05) is 0 Å². The number of benzene rings is 1. The molecule has 2 aliphatic heterocycles. The van der Waals surface area contributed by atoms with Crippen LogP contribution in [0.25, 0.3) is 0 Å². The van der Waals surface area contributed by atoms with Gasteiger partial charge in [-0.1, -0.05) is 39.9 Å². The molecule has 2 unspecified atom stereocenters. The molecule has 2 atom stereocenters. The molecular formula is C20H15ClN8O5S4. The smallest absolute Gasteiger partial charge is 0.352 e. The van der Waals surface area contributed by atoms with Gasteiger partial charge in [-0.3, -0.25) is 14.5 Å². The summed E-state index contributed by atoms with van der Waals surface area (Å²) in [5, 5.41) is 24.0. The average molecular weight is 611 g/mol. The fraction of sp³-hybridized carbons (Fsp3) is 0.200. The lowest BCUT2D eigenvalue weighted by Gasteiger charge is -2.49. The summed E-state index contributed by atoms with van der Waals surface area (Å²) in [6.45, 7) is 0. The first kappa shape index (κ1) is 26.4. The molecule has 2 aliphatic rings. The lowest BCUT2D eigenvalue weighted by Crippen LogP contribution is -2.71. The summed E-state index contributed by atoms with van der Waals surface area (Å²) in [5.41, 5.74) is 7.44. The molecule has 1 fully saturated rings. The number of hydrogen-bond acceptors (Lipinski definition) is 14. The van der Waals surface area contributed by atoms with E-state index >= 15 is 0 Å². The van der Waals surface area contributed by atoms with Crippen molar-refractivity contribution in [1.29, 1.82) is 0 Å². The molecule has 2 amide bonds. The van der Waals surface area contributed by atoms with Crippen LogP contribution in [0.15, 0.2) is 50.5 Å². The largest absolute Gasteiger partial charge is 0.477 e. The first-order valence-corrected chi connectivity index (χ1v) is 14.6. The van der Waals surface area contributed by atoms with Crippen molar-refractivity contribution in [2.24, 2.45) is 5.16 Å². The first-order valence-electron chi connectivity index (χ1n) is 10.5. The number of β-lactam (4-membered cyclic amide) rings is 1. The Balaban J connectivity index is 1.32. The van der Waals surface area contributed by atoms with Crippen LogP contribution in [0, 0.1) is 0 Å². The monoisotopic (exact) mass is 610 g/mol. The Hall–Kier alpha value is -3.25. The van der Waals surface area contributed by atoms with Crippen molar-refractivity contribution in [3.05, 3.63) is 51.9 Å². The third-order valence-electron chi connectivity index (χ3n) is 5.17. The van der Waals surface area contributed by atoms with Gasteiger partial charge in [0.1, 0.15) is 22.6 Å². The molecule has 5 rings (SSSR count). The minimum Gasteiger partial charge on any atom is -0.477 e. The van der Waals surface area contributed by atoms with Crippen LogP contribution >= 0.6 is 58.0 Å². The number of carbonyl (C=O) groups excluding carboxylic acids is 2. The minimum absolute atomic E-state index is 0.0824. The molecule has 0 radical (unpaired) electrons. The normalized spacial score (nSPS) is 19.1. The standard InChI is InChI=1S/C20H15ClN8O5S4/c21-9-1-3-10(4-2-9)34-27-11(14-25-19(22)38-28-14)15(30)24-12-16(31)29-13(18(32)33)8(5-35-17(12)29)6-36-20-26-23-7-37-20/h1-4,7,12,17H,5-6H2,(H,24,30)(H,32,33)(H2,22,25,28)/b27-11+. The number of nitrogens with two attached hydrogens (primary N) is 1. The molecule has 0 saturated carbocycles. The van der Waals surface area contributed by atoms with Crippen molar-refractivity contribution < 1.29 is 24.3 Å². The Kier molecular flexibility index (Phi) is 7.80. The van der Waals surface area contributed by atoms with E-state index < -0.39 is 29.2 Å². The molecule has 0 spiro atoms. The SMILES string of the molecule is Nc1nc(/C(=N\Oc2ccc(Cl)cc2)C(=O)NC2C(=O)N3C(C(=O)O)=C(CSc4nncs4)CSC23)ns1. The second-order valence-corrected chi connectivity index (χ2v) is 11.9. The number of oxime groups is 1. The highest BCUT2D eigenvalue weighted by Gasteiger charge is 2.54. The number of amides is 2. The van der Waals surface area contributed by atoms with Crippen LogP contribution in [-0.2, 0) is 14.4 Å². The van der Waals surface area contributed by atoms with Gasteiger partial charge in [-0.05, 0) is 29.8 Å². The number of nitrogen functional groups attached to an aromatic ring is 1. The van der Waals surface area contributed by atoms with Crippen LogP contribution in [0.3, 0.4) is 0 Å². The Morgan fingerprint density at radius 2 is 2.13 bits per heavy atom. The maximum atomic E-state index is 13.2. The average Bonchev–Trinajstić information content (AvgIpc) is 3.58. The Morgan fingerprint density at radius 3 is 2.79 bits per heavy atom. The zero-order valence-electron chi connectivity index (χ0n) is 18.8. The van der Waals surface area contributed by atoms with Gasteiger partial charge < -0.3 is 21.0 Å². The van der Waals surface area contributed by atoms with Gasteiger partial charge in [-0.15, -0.1) is 22.0 Å². The van der Waals surface area contributed by atoms with Gasteiger partial charge in [-0.2, -0.15) is 9.36 Å². The van der Waals surface area contributed by atoms with E-state index in [1.54, 1.807) is 29.8 Å². The van der Waals surface area contributed by atoms with Crippen molar-refractivity contribution >= 4 is 86.6 Å². The second kappa shape index (κ2) is 11.2. The summed E-state index contributed by atoms with van der Waals surface area (Å²) in [6, 6.07) is 5.28. The van der Waals surface area contributed by atoms with Crippen LogP contribution in [0.4, 0.5) is 5.13 Å². The predicted octanol–water partition coefficient (Wildman–Crippen LogP) is 1.94. The molecule has 38 heavy (non-hydrogen) atoms. The zero-order chi connectivity index (χ0) is 26.8. The number of carboxylic acids is 1. The third kappa shape index (κ3) is 5.46. The molecule has 4 heterocycles. The molecule has 0 bridgehead atoms. The molecule has 18 heteroatoms. The van der Waals surface area contributed by atoms with Gasteiger partial charge in [0.05, 0.1) is 0 Å². The van der Waals surface area contributed by atoms with Crippen molar-refractivity contribution in [1.82, 2.24) is 29.8 Å². The third-order valence-corrected chi connectivity index (χ3v) is 9.25. The van der Waals surface area contributed by atoms with Gasteiger partial charge in [-0.25, -0.2) is 4.79 Å². The number of nitrogens with zero attached hydrogens (tertiary/aromatic N) is 6. The van der Waals surface area contributed by atoms with Gasteiger partial charge in [0.2, 0.25) is 11.5 Å². The topological polar surface area (TPSA) is 186 Å². The van der Waals surface area contributed by atoms with Gasteiger partial charge in [0.15, 0.2) is 15.2 Å². The van der Waals surface area contributed by atoms with E-state index in [0.717, 1.165) is 11.5 Å². The second-order valence-electron chi connectivity index (χ2n) is 7.55. The summed E-state index contributed by atoms with van der Waals surface area (Å²) < 4.78 is 4.71. The number of carbonyl (C=O) groups is 3. The van der Waals surface area contributed by atoms with E-state index in [-0.39, 0.29) is 22.4 Å². The van der Waals surface area contributed by atoms with Crippen LogP contribution in [-0.4, -0.2) is 76.0 Å². The Morgan fingerprint density at radius 1 is 1.34 bits per heavy atom. The molecule has 1 saturated heterocycles. The highest BCUT2D eigenvalue weighted by atomic mass is 35.5. The van der Waals surface area contributed by atoms with Crippen LogP contribution < -0.4 is 15.9 Å². The number of aromatic nitrogens is 4. The van der Waals surface area contributed by atoms with Crippen molar-refractivity contribution in [3.8, 4) is 5.75 Å². The number of hydrogen-bond donors (Lipinski definition) is 3. The fourth-order valence-electron chi connectivity index (χ4n) is 3.49. The van der Waals surface area contributed by atoms with E-state index in [2.05, 4.69) is 30.0 Å². The molecule has 13 nitrogen and oxygen atoms in total. The lowest BCUT2D eigenvalue weighted by atomic mass is 10.0. The lowest BCUT2D eigenvalue weighted by molar-refractivity contribution is -0.150. The van der Waals surface area contributed by atoms with Gasteiger partial charge >= 0.3 is 5.97 Å². The maximum absolute atomic E-state index is 13.2. The minimum atomic E-state index is -1.22. The zero-order valence-corrected chi connectivity index (χ0v) is 22.8. The summed E-state index contributed by atoms with van der Waals surface area (Å²) in [5.74, 6) is -1.65. The van der Waals surface area contributed by atoms with Gasteiger partial charge in [0.25, 0.3) is 11.8 Å². The van der Waals surface area contributed by atoms with E-state index in [9.17, 15) is 19.5 Å². The summed E-state index contributed by atoms with van der Waals surface area (Å²) in [4.78, 5) is 48.8. The van der Waals surface area contributed by atoms with Crippen LogP contribution in [0.5, 0.6) is 5.75 Å². The molecular weight excluding hydrogens is 596 g/mol. The number of carboxylic acid groups (broad SMARTS) is 1. The van der Waals surface area contributed by atoms with Crippen molar-refractivity contribution in [3.63, 3.8) is 0 Å².